The van der Waals surface area contributed by atoms with E-state index in [2.05, 4.69) is 23.6 Å². The largest absolute Gasteiger partial charge is 0.327 e. The molecule has 3 aliphatic rings. The number of hydrogen-bond acceptors (Lipinski definition) is 3. The molecule has 3 nitrogen and oxygen atoms in total. The van der Waals surface area contributed by atoms with Crippen LogP contribution in [0.1, 0.15) is 52.4 Å². The van der Waals surface area contributed by atoms with Gasteiger partial charge >= 0.3 is 0 Å². The molecule has 0 amide bonds. The molecule has 0 radical (unpaired) electrons. The Morgan fingerprint density at radius 1 is 1.05 bits per heavy atom. The molecular weight excluding hydrogens is 246 g/mol. The molecule has 3 fully saturated rings. The highest BCUT2D eigenvalue weighted by molar-refractivity contribution is 4.93. The van der Waals surface area contributed by atoms with Gasteiger partial charge in [0.1, 0.15) is 0 Å². The molecule has 116 valence electrons. The van der Waals surface area contributed by atoms with Crippen LogP contribution in [-0.2, 0) is 0 Å². The number of nitrogens with zero attached hydrogens (tertiary/aromatic N) is 2. The third-order valence-electron chi connectivity index (χ3n) is 6.19. The molecule has 3 unspecified atom stereocenters. The fourth-order valence-corrected chi connectivity index (χ4v) is 4.79. The summed E-state index contributed by atoms with van der Waals surface area (Å²) in [4.78, 5) is 5.46. The molecule has 0 aromatic carbocycles. The Labute approximate surface area is 124 Å². The zero-order valence-electron chi connectivity index (χ0n) is 13.5. The van der Waals surface area contributed by atoms with Crippen molar-refractivity contribution < 1.29 is 0 Å². The van der Waals surface area contributed by atoms with Crippen molar-refractivity contribution in [1.29, 1.82) is 0 Å². The molecule has 0 spiro atoms. The van der Waals surface area contributed by atoms with Crippen LogP contribution in [0.5, 0.6) is 0 Å². The van der Waals surface area contributed by atoms with Gasteiger partial charge in [-0.3, -0.25) is 4.90 Å². The van der Waals surface area contributed by atoms with Crippen LogP contribution in [0, 0.1) is 11.3 Å². The number of fused-ring (bicyclic) bond motifs is 1. The van der Waals surface area contributed by atoms with Crippen molar-refractivity contribution in [3.63, 3.8) is 0 Å². The molecule has 3 atom stereocenters. The predicted molar refractivity (Wildman–Crippen MR) is 84.7 cm³/mol. The summed E-state index contributed by atoms with van der Waals surface area (Å²) in [5, 5.41) is 0. The van der Waals surface area contributed by atoms with E-state index in [4.69, 9.17) is 5.73 Å². The monoisotopic (exact) mass is 279 g/mol. The minimum atomic E-state index is 0.341. The summed E-state index contributed by atoms with van der Waals surface area (Å²) >= 11 is 0. The van der Waals surface area contributed by atoms with Gasteiger partial charge in [0.2, 0.25) is 0 Å². The van der Waals surface area contributed by atoms with E-state index in [9.17, 15) is 0 Å². The average molecular weight is 279 g/mol. The summed E-state index contributed by atoms with van der Waals surface area (Å²) in [6.07, 6.45) is 8.19. The van der Waals surface area contributed by atoms with Crippen molar-refractivity contribution in [3.8, 4) is 0 Å². The molecule has 3 rings (SSSR count). The average Bonchev–Trinajstić information content (AvgIpc) is 2.74. The quantitative estimate of drug-likeness (QED) is 0.842. The second kappa shape index (κ2) is 5.94. The Hall–Kier alpha value is -0.120. The lowest BCUT2D eigenvalue weighted by Crippen LogP contribution is -2.51. The van der Waals surface area contributed by atoms with E-state index in [0.29, 0.717) is 17.4 Å². The van der Waals surface area contributed by atoms with Crippen molar-refractivity contribution >= 4 is 0 Å². The van der Waals surface area contributed by atoms with Crippen molar-refractivity contribution in [1.82, 2.24) is 9.80 Å². The molecule has 3 heteroatoms. The first-order valence-corrected chi connectivity index (χ1v) is 8.78. The van der Waals surface area contributed by atoms with E-state index in [1.807, 2.05) is 0 Å². The molecule has 1 aliphatic carbocycles. The lowest BCUT2D eigenvalue weighted by atomic mass is 9.68. The summed E-state index contributed by atoms with van der Waals surface area (Å²) in [7, 11) is 0. The Morgan fingerprint density at radius 3 is 2.70 bits per heavy atom. The molecule has 20 heavy (non-hydrogen) atoms. The van der Waals surface area contributed by atoms with Crippen molar-refractivity contribution in [2.24, 2.45) is 17.1 Å². The van der Waals surface area contributed by atoms with E-state index in [1.54, 1.807) is 0 Å². The van der Waals surface area contributed by atoms with Gasteiger partial charge in [0.25, 0.3) is 0 Å². The lowest BCUT2D eigenvalue weighted by Gasteiger charge is -2.43. The standard InChI is InChI=1S/C17H33N3/c1-17(2)8-3-6-14(16(17)18)12-19-9-5-11-20-10-4-7-15(20)13-19/h14-16H,3-13,18H2,1-2H3. The van der Waals surface area contributed by atoms with E-state index >= 15 is 0 Å². The fourth-order valence-electron chi connectivity index (χ4n) is 4.79. The Kier molecular flexibility index (Phi) is 4.40. The summed E-state index contributed by atoms with van der Waals surface area (Å²) in [6.45, 7) is 11.2. The van der Waals surface area contributed by atoms with E-state index in [0.717, 1.165) is 6.04 Å². The van der Waals surface area contributed by atoms with Gasteiger partial charge in [0.05, 0.1) is 0 Å². The van der Waals surface area contributed by atoms with Gasteiger partial charge in [-0.25, -0.2) is 0 Å². The summed E-state index contributed by atoms with van der Waals surface area (Å²) in [5.41, 5.74) is 6.92. The van der Waals surface area contributed by atoms with Crippen LogP contribution in [0.15, 0.2) is 0 Å². The van der Waals surface area contributed by atoms with Crippen LogP contribution in [0.25, 0.3) is 0 Å². The smallest absolute Gasteiger partial charge is 0.0223 e. The Bertz CT molecular complexity index is 328. The van der Waals surface area contributed by atoms with E-state index < -0.39 is 0 Å². The number of nitrogens with two attached hydrogens (primary N) is 1. The van der Waals surface area contributed by atoms with Gasteiger partial charge in [-0.15, -0.1) is 0 Å². The highest BCUT2D eigenvalue weighted by Crippen LogP contribution is 2.38. The van der Waals surface area contributed by atoms with Gasteiger partial charge in [-0.05, 0) is 63.1 Å². The zero-order chi connectivity index (χ0) is 14.2. The molecule has 0 aromatic heterocycles. The number of rotatable bonds is 2. The second-order valence-corrected chi connectivity index (χ2v) is 8.11. The first-order valence-electron chi connectivity index (χ1n) is 8.78. The second-order valence-electron chi connectivity index (χ2n) is 8.11. The van der Waals surface area contributed by atoms with Crippen LogP contribution in [0.4, 0.5) is 0 Å². The van der Waals surface area contributed by atoms with E-state index in [1.165, 1.54) is 71.2 Å². The Morgan fingerprint density at radius 2 is 1.85 bits per heavy atom. The minimum absolute atomic E-state index is 0.341. The van der Waals surface area contributed by atoms with Gasteiger partial charge in [0, 0.05) is 25.2 Å². The third kappa shape index (κ3) is 3.05. The normalized spacial score (nSPS) is 39.5. The molecule has 2 N–H and O–H groups in total. The summed E-state index contributed by atoms with van der Waals surface area (Å²) in [5.74, 6) is 0.715. The highest BCUT2D eigenvalue weighted by atomic mass is 15.3. The predicted octanol–water partition coefficient (Wildman–Crippen LogP) is 2.31. The van der Waals surface area contributed by atoms with Crippen LogP contribution in [-0.4, -0.2) is 54.6 Å². The van der Waals surface area contributed by atoms with Gasteiger partial charge in [-0.2, -0.15) is 0 Å². The maximum Gasteiger partial charge on any atom is 0.0223 e. The molecule has 0 bridgehead atoms. The SMILES string of the molecule is CC1(C)CCCC(CN2CCCN3CCCC3C2)C1N. The zero-order valence-corrected chi connectivity index (χ0v) is 13.5. The van der Waals surface area contributed by atoms with Crippen molar-refractivity contribution in [2.75, 3.05) is 32.7 Å². The van der Waals surface area contributed by atoms with Crippen molar-refractivity contribution in [2.45, 2.75) is 64.5 Å². The van der Waals surface area contributed by atoms with Gasteiger partial charge in [0.15, 0.2) is 0 Å². The first-order chi connectivity index (χ1) is 9.56. The molecule has 2 aliphatic heterocycles. The fraction of sp³-hybridized carbons (Fsp3) is 1.00. The summed E-state index contributed by atoms with van der Waals surface area (Å²) in [6, 6.07) is 1.23. The van der Waals surface area contributed by atoms with Gasteiger partial charge in [-0.1, -0.05) is 20.3 Å². The Balaban J connectivity index is 1.59. The maximum atomic E-state index is 6.58. The lowest BCUT2D eigenvalue weighted by molar-refractivity contribution is 0.0987. The first kappa shape index (κ1) is 14.8. The van der Waals surface area contributed by atoms with E-state index in [-0.39, 0.29) is 0 Å². The minimum Gasteiger partial charge on any atom is -0.327 e. The third-order valence-corrected chi connectivity index (χ3v) is 6.19. The molecule has 2 saturated heterocycles. The van der Waals surface area contributed by atoms with Crippen molar-refractivity contribution in [3.05, 3.63) is 0 Å². The van der Waals surface area contributed by atoms with Crippen LogP contribution >= 0.6 is 0 Å². The van der Waals surface area contributed by atoms with Crippen LogP contribution in [0.2, 0.25) is 0 Å². The molecule has 0 aromatic rings. The molecule has 1 saturated carbocycles. The van der Waals surface area contributed by atoms with Gasteiger partial charge < -0.3 is 10.6 Å². The highest BCUT2D eigenvalue weighted by Gasteiger charge is 2.38. The topological polar surface area (TPSA) is 32.5 Å². The van der Waals surface area contributed by atoms with Crippen LogP contribution < -0.4 is 5.73 Å². The number of hydrogen-bond donors (Lipinski definition) is 1. The molecular formula is C17H33N3. The van der Waals surface area contributed by atoms with Crippen LogP contribution in [0.3, 0.4) is 0 Å². The molecule has 2 heterocycles. The maximum absolute atomic E-state index is 6.58. The summed E-state index contributed by atoms with van der Waals surface area (Å²) < 4.78 is 0.